The van der Waals surface area contributed by atoms with E-state index in [1.54, 1.807) is 0 Å². The first-order valence-electron chi connectivity index (χ1n) is 24.6. The summed E-state index contributed by atoms with van der Waals surface area (Å²) in [5.41, 5.74) is 0. The molecule has 60 heavy (non-hydrogen) atoms. The summed E-state index contributed by atoms with van der Waals surface area (Å²) < 4.78 is 16.6. The number of allylic oxidation sites excluding steroid dienone is 14. The minimum Gasteiger partial charge on any atom is -0.462 e. The van der Waals surface area contributed by atoms with Gasteiger partial charge in [-0.1, -0.05) is 202 Å². The molecule has 0 aliphatic rings. The van der Waals surface area contributed by atoms with Crippen LogP contribution in [0.3, 0.4) is 0 Å². The van der Waals surface area contributed by atoms with Crippen molar-refractivity contribution < 1.29 is 28.6 Å². The van der Waals surface area contributed by atoms with Crippen LogP contribution in [0, 0.1) is 0 Å². The zero-order valence-corrected chi connectivity index (χ0v) is 38.9. The van der Waals surface area contributed by atoms with E-state index in [-0.39, 0.29) is 37.5 Å². The maximum atomic E-state index is 12.7. The highest BCUT2D eigenvalue weighted by atomic mass is 16.6. The molecule has 0 rings (SSSR count). The van der Waals surface area contributed by atoms with E-state index in [9.17, 15) is 14.4 Å². The van der Waals surface area contributed by atoms with Gasteiger partial charge in [0.25, 0.3) is 0 Å². The van der Waals surface area contributed by atoms with E-state index < -0.39 is 6.10 Å². The summed E-state index contributed by atoms with van der Waals surface area (Å²) in [6.07, 6.45) is 61.7. The van der Waals surface area contributed by atoms with E-state index in [1.165, 1.54) is 96.3 Å². The van der Waals surface area contributed by atoms with Crippen LogP contribution in [0.25, 0.3) is 0 Å². The predicted molar refractivity (Wildman–Crippen MR) is 256 cm³/mol. The Morgan fingerprint density at radius 1 is 0.350 bits per heavy atom. The third kappa shape index (κ3) is 45.7. The van der Waals surface area contributed by atoms with Gasteiger partial charge < -0.3 is 14.2 Å². The molecule has 1 atom stereocenters. The second kappa shape index (κ2) is 48.3. The van der Waals surface area contributed by atoms with Gasteiger partial charge in [0.1, 0.15) is 13.2 Å². The monoisotopic (exact) mass is 835 g/mol. The van der Waals surface area contributed by atoms with E-state index >= 15 is 0 Å². The number of ether oxygens (including phenoxy) is 3. The molecule has 6 heteroatoms. The summed E-state index contributed by atoms with van der Waals surface area (Å²) in [6, 6.07) is 0. The second-order valence-electron chi connectivity index (χ2n) is 16.0. The third-order valence-corrected chi connectivity index (χ3v) is 10.1. The van der Waals surface area contributed by atoms with Crippen molar-refractivity contribution in [3.05, 3.63) is 85.1 Å². The fraction of sp³-hybridized carbons (Fsp3) is 0.685. The van der Waals surface area contributed by atoms with E-state index in [0.29, 0.717) is 19.3 Å². The van der Waals surface area contributed by atoms with Crippen LogP contribution in [0.1, 0.15) is 220 Å². The van der Waals surface area contributed by atoms with Crippen LogP contribution < -0.4 is 0 Å². The van der Waals surface area contributed by atoms with Gasteiger partial charge in [0.05, 0.1) is 0 Å². The lowest BCUT2D eigenvalue weighted by atomic mass is 10.1. The number of carbonyl (C=O) groups excluding carboxylic acids is 3. The first-order chi connectivity index (χ1) is 29.5. The third-order valence-electron chi connectivity index (χ3n) is 10.1. The molecule has 0 heterocycles. The molecule has 0 aliphatic heterocycles. The molecule has 0 spiro atoms. The average Bonchev–Trinajstić information content (AvgIpc) is 3.24. The molecule has 0 aromatic carbocycles. The van der Waals surface area contributed by atoms with Crippen molar-refractivity contribution in [2.75, 3.05) is 13.2 Å². The van der Waals surface area contributed by atoms with Crippen molar-refractivity contribution in [2.24, 2.45) is 0 Å². The van der Waals surface area contributed by atoms with Crippen molar-refractivity contribution in [1.82, 2.24) is 0 Å². The number of carbonyl (C=O) groups is 3. The molecule has 0 saturated heterocycles. The van der Waals surface area contributed by atoms with Crippen molar-refractivity contribution >= 4 is 17.9 Å². The highest BCUT2D eigenvalue weighted by Crippen LogP contribution is 2.13. The predicted octanol–water partition coefficient (Wildman–Crippen LogP) is 16.0. The van der Waals surface area contributed by atoms with Gasteiger partial charge in [-0.05, 0) is 83.5 Å². The fourth-order valence-corrected chi connectivity index (χ4v) is 6.46. The van der Waals surface area contributed by atoms with Gasteiger partial charge in [0.15, 0.2) is 6.10 Å². The lowest BCUT2D eigenvalue weighted by Crippen LogP contribution is -2.30. The van der Waals surface area contributed by atoms with Crippen LogP contribution in [0.15, 0.2) is 85.1 Å². The molecule has 0 amide bonds. The van der Waals surface area contributed by atoms with Crippen LogP contribution in [0.5, 0.6) is 0 Å². The van der Waals surface area contributed by atoms with E-state index in [1.807, 2.05) is 12.2 Å². The van der Waals surface area contributed by atoms with Crippen LogP contribution in [-0.4, -0.2) is 37.2 Å². The van der Waals surface area contributed by atoms with E-state index in [2.05, 4.69) is 93.7 Å². The Morgan fingerprint density at radius 3 is 1.12 bits per heavy atom. The highest BCUT2D eigenvalue weighted by molar-refractivity contribution is 5.71. The van der Waals surface area contributed by atoms with Crippen LogP contribution in [0.4, 0.5) is 0 Å². The lowest BCUT2D eigenvalue weighted by molar-refractivity contribution is -0.166. The Hall–Kier alpha value is -3.41. The standard InChI is InChI=1S/C54H90O6/c1-4-7-10-13-16-18-20-22-24-26-27-29-30-32-34-36-38-41-44-47-53(56)59-50-51(49-58-52(55)46-43-40-15-12-9-6-3)60-54(57)48-45-42-39-37-35-33-31-28-25-23-21-19-17-14-11-8-5-2/h7,10,16,18,22-25,27,29,32,34,38,41,51H,4-6,8-9,11-15,17,19-21,26,28,30-31,33,35-37,39-40,42-50H2,1-3H3/b10-7-,18-16-,24-22-,25-23-,29-27-,34-32-,41-38-. The fourth-order valence-electron chi connectivity index (χ4n) is 6.46. The number of hydrogen-bond acceptors (Lipinski definition) is 6. The molecule has 1 unspecified atom stereocenters. The normalized spacial score (nSPS) is 12.8. The molecule has 0 saturated carbocycles. The van der Waals surface area contributed by atoms with Crippen LogP contribution in [-0.2, 0) is 28.6 Å². The summed E-state index contributed by atoms with van der Waals surface area (Å²) in [6.45, 7) is 6.38. The minimum absolute atomic E-state index is 0.102. The zero-order chi connectivity index (χ0) is 43.7. The first-order valence-corrected chi connectivity index (χ1v) is 24.6. The van der Waals surface area contributed by atoms with Crippen molar-refractivity contribution in [1.29, 1.82) is 0 Å². The Morgan fingerprint density at radius 2 is 0.683 bits per heavy atom. The van der Waals surface area contributed by atoms with Gasteiger partial charge in [-0.25, -0.2) is 0 Å². The smallest absolute Gasteiger partial charge is 0.306 e. The van der Waals surface area contributed by atoms with Crippen molar-refractivity contribution in [3.8, 4) is 0 Å². The SMILES string of the molecule is CC/C=C\C/C=C\C/C=C\C/C=C\C/C=C\C/C=C\CCC(=O)OCC(COC(=O)CCCCCCCC)OC(=O)CCCCCCCCC/C=C\CCCCCCCC. The Kier molecular flexibility index (Phi) is 45.5. The molecule has 0 aromatic rings. The largest absolute Gasteiger partial charge is 0.462 e. The summed E-state index contributed by atoms with van der Waals surface area (Å²) in [5, 5.41) is 0. The summed E-state index contributed by atoms with van der Waals surface area (Å²) in [5.74, 6) is -1.01. The molecular formula is C54H90O6. The summed E-state index contributed by atoms with van der Waals surface area (Å²) in [7, 11) is 0. The number of unbranched alkanes of at least 4 members (excludes halogenated alkanes) is 18. The van der Waals surface area contributed by atoms with Gasteiger partial charge in [-0.2, -0.15) is 0 Å². The highest BCUT2D eigenvalue weighted by Gasteiger charge is 2.19. The van der Waals surface area contributed by atoms with Gasteiger partial charge >= 0.3 is 17.9 Å². The maximum absolute atomic E-state index is 12.7. The van der Waals surface area contributed by atoms with E-state index in [4.69, 9.17) is 14.2 Å². The number of rotatable bonds is 43. The Labute approximate surface area is 369 Å². The van der Waals surface area contributed by atoms with Gasteiger partial charge in [-0.3, -0.25) is 14.4 Å². The van der Waals surface area contributed by atoms with Crippen molar-refractivity contribution in [3.63, 3.8) is 0 Å². The van der Waals surface area contributed by atoms with Gasteiger partial charge in [0.2, 0.25) is 0 Å². The minimum atomic E-state index is -0.805. The molecule has 0 bridgehead atoms. The second-order valence-corrected chi connectivity index (χ2v) is 16.0. The van der Waals surface area contributed by atoms with Crippen LogP contribution in [0.2, 0.25) is 0 Å². The summed E-state index contributed by atoms with van der Waals surface area (Å²) in [4.78, 5) is 37.6. The lowest BCUT2D eigenvalue weighted by Gasteiger charge is -2.18. The molecule has 0 fully saturated rings. The molecule has 6 nitrogen and oxygen atoms in total. The molecule has 342 valence electrons. The Bertz CT molecular complexity index is 1190. The van der Waals surface area contributed by atoms with Gasteiger partial charge in [0, 0.05) is 19.3 Å². The quantitative estimate of drug-likeness (QED) is 0.0263. The van der Waals surface area contributed by atoms with E-state index in [0.717, 1.165) is 77.0 Å². The topological polar surface area (TPSA) is 78.9 Å². The molecule has 0 aromatic heterocycles. The zero-order valence-electron chi connectivity index (χ0n) is 38.9. The van der Waals surface area contributed by atoms with Crippen molar-refractivity contribution in [2.45, 2.75) is 226 Å². The number of esters is 3. The molecule has 0 radical (unpaired) electrons. The molecule has 0 aliphatic carbocycles. The first kappa shape index (κ1) is 56.6. The molecular weight excluding hydrogens is 745 g/mol. The maximum Gasteiger partial charge on any atom is 0.306 e. The average molecular weight is 835 g/mol. The molecule has 0 N–H and O–H groups in total. The Balaban J connectivity index is 4.37. The van der Waals surface area contributed by atoms with Gasteiger partial charge in [-0.15, -0.1) is 0 Å². The summed E-state index contributed by atoms with van der Waals surface area (Å²) >= 11 is 0. The van der Waals surface area contributed by atoms with Crippen LogP contribution >= 0.6 is 0 Å². The number of hydrogen-bond donors (Lipinski definition) is 0.